The molecule has 2 fully saturated rings. The summed E-state index contributed by atoms with van der Waals surface area (Å²) in [6.07, 6.45) is 5.90. The maximum atomic E-state index is 12.3. The fourth-order valence-corrected chi connectivity index (χ4v) is 3.16. The first-order valence-corrected chi connectivity index (χ1v) is 6.47. The number of ketones is 1. The number of nitrogens with zero attached hydrogens (tertiary/aromatic N) is 3. The first-order chi connectivity index (χ1) is 8.77. The third kappa shape index (κ3) is 1.81. The molecule has 18 heavy (non-hydrogen) atoms. The Bertz CT molecular complexity index is 457. The van der Waals surface area contributed by atoms with Crippen LogP contribution in [0.1, 0.15) is 42.6 Å². The van der Waals surface area contributed by atoms with Crippen molar-refractivity contribution in [1.82, 2.24) is 20.3 Å². The minimum atomic E-state index is -0.106. The van der Waals surface area contributed by atoms with E-state index in [0.29, 0.717) is 17.9 Å². The van der Waals surface area contributed by atoms with Crippen molar-refractivity contribution in [3.05, 3.63) is 11.9 Å². The number of hydrogen-bond donors (Lipinski definition) is 1. The minimum absolute atomic E-state index is 0.0448. The SMILES string of the molecule is O=C1CCCC1C1CCCN1C(=O)c1cn[nH]n1. The molecule has 2 heterocycles. The van der Waals surface area contributed by atoms with Crippen molar-refractivity contribution in [2.45, 2.75) is 38.1 Å². The summed E-state index contributed by atoms with van der Waals surface area (Å²) in [6, 6.07) is 0.0733. The molecule has 6 heteroatoms. The van der Waals surface area contributed by atoms with E-state index in [4.69, 9.17) is 0 Å². The zero-order valence-corrected chi connectivity index (χ0v) is 10.1. The van der Waals surface area contributed by atoms with Gasteiger partial charge in [0.2, 0.25) is 0 Å². The number of aromatic nitrogens is 3. The number of hydrogen-bond acceptors (Lipinski definition) is 4. The van der Waals surface area contributed by atoms with Crippen molar-refractivity contribution < 1.29 is 9.59 Å². The van der Waals surface area contributed by atoms with Gasteiger partial charge in [0, 0.05) is 24.9 Å². The standard InChI is InChI=1S/C12H16N4O2/c17-11-5-1-3-8(11)10-4-2-6-16(10)12(18)9-7-13-15-14-9/h7-8,10H,1-6H2,(H,13,14,15). The summed E-state index contributed by atoms with van der Waals surface area (Å²) >= 11 is 0. The van der Waals surface area contributed by atoms with Gasteiger partial charge in [-0.3, -0.25) is 9.59 Å². The molecule has 1 N–H and O–H groups in total. The van der Waals surface area contributed by atoms with Crippen molar-refractivity contribution in [2.75, 3.05) is 6.54 Å². The Balaban J connectivity index is 1.79. The van der Waals surface area contributed by atoms with Gasteiger partial charge in [0.05, 0.1) is 6.20 Å². The lowest BCUT2D eigenvalue weighted by Crippen LogP contribution is -2.41. The van der Waals surface area contributed by atoms with E-state index in [1.165, 1.54) is 6.20 Å². The molecule has 1 amide bonds. The van der Waals surface area contributed by atoms with Crippen LogP contribution in [0.2, 0.25) is 0 Å². The van der Waals surface area contributed by atoms with Crippen LogP contribution in [0.15, 0.2) is 6.20 Å². The second kappa shape index (κ2) is 4.51. The molecule has 1 aromatic rings. The lowest BCUT2D eigenvalue weighted by Gasteiger charge is -2.27. The lowest BCUT2D eigenvalue weighted by molar-refractivity contribution is -0.121. The average Bonchev–Trinajstić information content (AvgIpc) is 3.09. The van der Waals surface area contributed by atoms with E-state index < -0.39 is 0 Å². The van der Waals surface area contributed by atoms with Crippen LogP contribution in [0.4, 0.5) is 0 Å². The molecule has 2 aliphatic rings. The molecule has 0 radical (unpaired) electrons. The van der Waals surface area contributed by atoms with Crippen LogP contribution in [0, 0.1) is 5.92 Å². The Kier molecular flexibility index (Phi) is 2.85. The van der Waals surface area contributed by atoms with Crippen molar-refractivity contribution in [3.63, 3.8) is 0 Å². The molecule has 1 saturated heterocycles. The van der Waals surface area contributed by atoms with Gasteiger partial charge in [0.25, 0.3) is 5.91 Å². The molecule has 0 spiro atoms. The molecule has 1 aromatic heterocycles. The highest BCUT2D eigenvalue weighted by molar-refractivity contribution is 5.93. The highest BCUT2D eigenvalue weighted by Gasteiger charge is 2.40. The van der Waals surface area contributed by atoms with Crippen molar-refractivity contribution in [2.24, 2.45) is 5.92 Å². The van der Waals surface area contributed by atoms with E-state index in [2.05, 4.69) is 15.4 Å². The number of nitrogens with one attached hydrogen (secondary N) is 1. The summed E-state index contributed by atoms with van der Waals surface area (Å²) in [5.41, 5.74) is 0.340. The molecular weight excluding hydrogens is 232 g/mol. The molecule has 2 unspecified atom stereocenters. The number of likely N-dealkylation sites (tertiary alicyclic amines) is 1. The quantitative estimate of drug-likeness (QED) is 0.838. The fourth-order valence-electron chi connectivity index (χ4n) is 3.16. The van der Waals surface area contributed by atoms with Crippen LogP contribution in [-0.4, -0.2) is 44.6 Å². The number of carbonyl (C=O) groups excluding carboxylic acids is 2. The van der Waals surface area contributed by atoms with E-state index in [1.807, 2.05) is 4.90 Å². The summed E-state index contributed by atoms with van der Waals surface area (Å²) in [4.78, 5) is 25.9. The zero-order chi connectivity index (χ0) is 12.5. The van der Waals surface area contributed by atoms with Gasteiger partial charge >= 0.3 is 0 Å². The number of rotatable bonds is 2. The fraction of sp³-hybridized carbons (Fsp3) is 0.667. The van der Waals surface area contributed by atoms with Crippen molar-refractivity contribution in [3.8, 4) is 0 Å². The zero-order valence-electron chi connectivity index (χ0n) is 10.1. The highest BCUT2D eigenvalue weighted by Crippen LogP contribution is 2.33. The van der Waals surface area contributed by atoms with Crippen LogP contribution in [0.25, 0.3) is 0 Å². The number of H-pyrrole nitrogens is 1. The summed E-state index contributed by atoms with van der Waals surface area (Å²) in [5, 5.41) is 9.94. The summed E-state index contributed by atoms with van der Waals surface area (Å²) in [7, 11) is 0. The molecule has 1 saturated carbocycles. The van der Waals surface area contributed by atoms with Gasteiger partial charge in [-0.05, 0) is 25.7 Å². The third-order valence-electron chi connectivity index (χ3n) is 4.01. The van der Waals surface area contributed by atoms with E-state index in [0.717, 1.165) is 32.2 Å². The molecule has 1 aliphatic carbocycles. The molecule has 0 aromatic carbocycles. The molecular formula is C12H16N4O2. The van der Waals surface area contributed by atoms with E-state index in [1.54, 1.807) is 0 Å². The predicted octanol–water partition coefficient (Wildman–Crippen LogP) is 0.778. The Morgan fingerprint density at radius 1 is 1.39 bits per heavy atom. The van der Waals surface area contributed by atoms with Crippen LogP contribution in [0.3, 0.4) is 0 Å². The molecule has 1 aliphatic heterocycles. The largest absolute Gasteiger partial charge is 0.333 e. The van der Waals surface area contributed by atoms with Gasteiger partial charge in [0.1, 0.15) is 5.78 Å². The molecule has 96 valence electrons. The maximum Gasteiger partial charge on any atom is 0.276 e. The average molecular weight is 248 g/mol. The molecule has 0 bridgehead atoms. The maximum absolute atomic E-state index is 12.3. The number of aromatic amines is 1. The van der Waals surface area contributed by atoms with Gasteiger partial charge in [-0.2, -0.15) is 15.4 Å². The number of amides is 1. The lowest BCUT2D eigenvalue weighted by atomic mass is 9.95. The van der Waals surface area contributed by atoms with Gasteiger partial charge in [0.15, 0.2) is 5.69 Å². The highest BCUT2D eigenvalue weighted by atomic mass is 16.2. The summed E-state index contributed by atoms with van der Waals surface area (Å²) < 4.78 is 0. The normalized spacial score (nSPS) is 28.0. The summed E-state index contributed by atoms with van der Waals surface area (Å²) in [5.74, 6) is 0.258. The van der Waals surface area contributed by atoms with Gasteiger partial charge in [-0.15, -0.1) is 0 Å². The monoisotopic (exact) mass is 248 g/mol. The summed E-state index contributed by atoms with van der Waals surface area (Å²) in [6.45, 7) is 0.722. The minimum Gasteiger partial charge on any atom is -0.333 e. The van der Waals surface area contributed by atoms with Crippen LogP contribution in [-0.2, 0) is 4.79 Å². The Morgan fingerprint density at radius 3 is 2.94 bits per heavy atom. The van der Waals surface area contributed by atoms with Gasteiger partial charge in [-0.25, -0.2) is 0 Å². The van der Waals surface area contributed by atoms with Crippen LogP contribution < -0.4 is 0 Å². The van der Waals surface area contributed by atoms with Crippen molar-refractivity contribution in [1.29, 1.82) is 0 Å². The third-order valence-corrected chi connectivity index (χ3v) is 4.01. The van der Waals surface area contributed by atoms with Crippen molar-refractivity contribution >= 4 is 11.7 Å². The number of carbonyl (C=O) groups is 2. The number of Topliss-reactive ketones (excluding diaryl/α,β-unsaturated/α-hetero) is 1. The molecule has 2 atom stereocenters. The molecule has 3 rings (SSSR count). The van der Waals surface area contributed by atoms with Crippen LogP contribution in [0.5, 0.6) is 0 Å². The smallest absolute Gasteiger partial charge is 0.276 e. The first-order valence-electron chi connectivity index (χ1n) is 6.47. The second-order valence-electron chi connectivity index (χ2n) is 5.03. The topological polar surface area (TPSA) is 79.0 Å². The van der Waals surface area contributed by atoms with E-state index in [-0.39, 0.29) is 17.9 Å². The van der Waals surface area contributed by atoms with Gasteiger partial charge in [-0.1, -0.05) is 0 Å². The Morgan fingerprint density at radius 2 is 2.28 bits per heavy atom. The Hall–Kier alpha value is -1.72. The molecule has 6 nitrogen and oxygen atoms in total. The van der Waals surface area contributed by atoms with E-state index in [9.17, 15) is 9.59 Å². The second-order valence-corrected chi connectivity index (χ2v) is 5.03. The van der Waals surface area contributed by atoms with Gasteiger partial charge < -0.3 is 4.90 Å². The Labute approximate surface area is 105 Å². The van der Waals surface area contributed by atoms with E-state index >= 15 is 0 Å². The van der Waals surface area contributed by atoms with Crippen LogP contribution >= 0.6 is 0 Å². The first kappa shape index (κ1) is 11.4. The predicted molar refractivity (Wildman–Crippen MR) is 62.8 cm³/mol.